The Morgan fingerprint density at radius 2 is 1.77 bits per heavy atom. The third-order valence-electron chi connectivity index (χ3n) is 4.75. The van der Waals surface area contributed by atoms with E-state index in [0.29, 0.717) is 11.4 Å². The molecular formula is C22H20FN3O5. The third-order valence-corrected chi connectivity index (χ3v) is 4.75. The lowest BCUT2D eigenvalue weighted by molar-refractivity contribution is -0.383. The van der Waals surface area contributed by atoms with Gasteiger partial charge in [0.2, 0.25) is 0 Å². The van der Waals surface area contributed by atoms with Crippen LogP contribution in [-0.2, 0) is 9.53 Å². The SMILES string of the molecule is Cc1cc(C(=O)OC(C)C(=O)Nc2ccccc2[N+](=O)[O-])c(C)n1-c1ccc(F)cc1. The van der Waals surface area contributed by atoms with Crippen LogP contribution in [0.25, 0.3) is 5.69 Å². The van der Waals surface area contributed by atoms with Gasteiger partial charge in [0.05, 0.1) is 10.5 Å². The molecular weight excluding hydrogens is 405 g/mol. The Kier molecular flexibility index (Phi) is 6.15. The third kappa shape index (κ3) is 4.61. The molecule has 0 aliphatic heterocycles. The van der Waals surface area contributed by atoms with Gasteiger partial charge in [-0.3, -0.25) is 14.9 Å². The van der Waals surface area contributed by atoms with E-state index in [1.165, 1.54) is 37.3 Å². The summed E-state index contributed by atoms with van der Waals surface area (Å²) in [5.74, 6) is -1.79. The fourth-order valence-corrected chi connectivity index (χ4v) is 3.21. The Labute approximate surface area is 177 Å². The number of carbonyl (C=O) groups excluding carboxylic acids is 2. The minimum Gasteiger partial charge on any atom is -0.449 e. The number of nitro benzene ring substituents is 1. The molecule has 1 heterocycles. The summed E-state index contributed by atoms with van der Waals surface area (Å²) < 4.78 is 20.3. The highest BCUT2D eigenvalue weighted by Gasteiger charge is 2.24. The van der Waals surface area contributed by atoms with Gasteiger partial charge in [0.15, 0.2) is 6.10 Å². The van der Waals surface area contributed by atoms with Gasteiger partial charge in [0.1, 0.15) is 11.5 Å². The molecule has 0 bridgehead atoms. The molecule has 1 unspecified atom stereocenters. The maximum absolute atomic E-state index is 13.2. The summed E-state index contributed by atoms with van der Waals surface area (Å²) >= 11 is 0. The van der Waals surface area contributed by atoms with Crippen LogP contribution >= 0.6 is 0 Å². The second-order valence-corrected chi connectivity index (χ2v) is 6.91. The lowest BCUT2D eigenvalue weighted by Crippen LogP contribution is -2.30. The van der Waals surface area contributed by atoms with Gasteiger partial charge >= 0.3 is 5.97 Å². The predicted molar refractivity (Wildman–Crippen MR) is 112 cm³/mol. The van der Waals surface area contributed by atoms with Crippen molar-refractivity contribution in [3.63, 3.8) is 0 Å². The van der Waals surface area contributed by atoms with Crippen LogP contribution in [0.4, 0.5) is 15.8 Å². The lowest BCUT2D eigenvalue weighted by Gasteiger charge is -2.14. The average molecular weight is 425 g/mol. The summed E-state index contributed by atoms with van der Waals surface area (Å²) in [6, 6.07) is 13.1. The molecule has 1 atom stereocenters. The molecule has 0 saturated heterocycles. The van der Waals surface area contributed by atoms with Gasteiger partial charge in [0.25, 0.3) is 11.6 Å². The van der Waals surface area contributed by atoms with E-state index in [4.69, 9.17) is 4.74 Å². The number of aromatic nitrogens is 1. The van der Waals surface area contributed by atoms with Crippen LogP contribution in [0, 0.1) is 29.8 Å². The number of para-hydroxylation sites is 2. The number of nitrogens with zero attached hydrogens (tertiary/aromatic N) is 2. The fourth-order valence-electron chi connectivity index (χ4n) is 3.21. The summed E-state index contributed by atoms with van der Waals surface area (Å²) in [6.07, 6.45) is -1.19. The van der Waals surface area contributed by atoms with Crippen LogP contribution in [0.5, 0.6) is 0 Å². The zero-order valence-electron chi connectivity index (χ0n) is 17.1. The van der Waals surface area contributed by atoms with Crippen LogP contribution in [0.3, 0.4) is 0 Å². The maximum Gasteiger partial charge on any atom is 0.340 e. The van der Waals surface area contributed by atoms with Gasteiger partial charge in [-0.05, 0) is 57.2 Å². The Hall–Kier alpha value is -4.01. The predicted octanol–water partition coefficient (Wildman–Crippen LogP) is 4.33. The topological polar surface area (TPSA) is 103 Å². The molecule has 31 heavy (non-hydrogen) atoms. The molecule has 160 valence electrons. The van der Waals surface area contributed by atoms with E-state index in [1.807, 2.05) is 0 Å². The van der Waals surface area contributed by atoms with Crippen LogP contribution in [0.15, 0.2) is 54.6 Å². The number of rotatable bonds is 6. The molecule has 0 aliphatic rings. The van der Waals surface area contributed by atoms with Gasteiger partial charge in [0, 0.05) is 23.1 Å². The van der Waals surface area contributed by atoms with E-state index < -0.39 is 22.9 Å². The van der Waals surface area contributed by atoms with Crippen molar-refractivity contribution in [3.05, 3.63) is 87.5 Å². The number of ether oxygens (including phenoxy) is 1. The molecule has 8 nitrogen and oxygen atoms in total. The molecule has 2 aromatic carbocycles. The highest BCUT2D eigenvalue weighted by Crippen LogP contribution is 2.24. The van der Waals surface area contributed by atoms with E-state index in [9.17, 15) is 24.1 Å². The normalized spacial score (nSPS) is 11.6. The van der Waals surface area contributed by atoms with E-state index >= 15 is 0 Å². The first-order valence-corrected chi connectivity index (χ1v) is 9.39. The number of aryl methyl sites for hydroxylation is 1. The quantitative estimate of drug-likeness (QED) is 0.360. The van der Waals surface area contributed by atoms with E-state index in [2.05, 4.69) is 5.32 Å². The molecule has 0 fully saturated rings. The van der Waals surface area contributed by atoms with Crippen LogP contribution < -0.4 is 5.32 Å². The van der Waals surface area contributed by atoms with Gasteiger partial charge < -0.3 is 14.6 Å². The van der Waals surface area contributed by atoms with E-state index in [-0.39, 0.29) is 22.8 Å². The number of anilines is 1. The lowest BCUT2D eigenvalue weighted by atomic mass is 10.2. The number of hydrogen-bond donors (Lipinski definition) is 1. The molecule has 9 heteroatoms. The Balaban J connectivity index is 1.76. The van der Waals surface area contributed by atoms with Gasteiger partial charge in [-0.15, -0.1) is 0 Å². The van der Waals surface area contributed by atoms with E-state index in [1.54, 1.807) is 42.7 Å². The number of hydrogen-bond acceptors (Lipinski definition) is 5. The molecule has 3 rings (SSSR count). The molecule has 1 N–H and O–H groups in total. The zero-order chi connectivity index (χ0) is 22.7. The molecule has 0 spiro atoms. The molecule has 0 aliphatic carbocycles. The highest BCUT2D eigenvalue weighted by molar-refractivity contribution is 5.99. The van der Waals surface area contributed by atoms with Crippen molar-refractivity contribution in [2.24, 2.45) is 0 Å². The van der Waals surface area contributed by atoms with Crippen molar-refractivity contribution in [3.8, 4) is 5.69 Å². The van der Waals surface area contributed by atoms with Gasteiger partial charge in [-0.2, -0.15) is 0 Å². The van der Waals surface area contributed by atoms with Crippen molar-refractivity contribution >= 4 is 23.3 Å². The first-order valence-electron chi connectivity index (χ1n) is 9.39. The molecule has 3 aromatic rings. The van der Waals surface area contributed by atoms with Crippen molar-refractivity contribution in [1.82, 2.24) is 4.57 Å². The number of esters is 1. The summed E-state index contributed by atoms with van der Waals surface area (Å²) in [7, 11) is 0. The van der Waals surface area contributed by atoms with Crippen LogP contribution in [0.2, 0.25) is 0 Å². The Morgan fingerprint density at radius 3 is 2.42 bits per heavy atom. The molecule has 0 saturated carbocycles. The minimum atomic E-state index is -1.19. The number of nitro groups is 1. The van der Waals surface area contributed by atoms with Crippen molar-refractivity contribution in [1.29, 1.82) is 0 Å². The number of carbonyl (C=O) groups is 2. The van der Waals surface area contributed by atoms with Crippen molar-refractivity contribution in [2.75, 3.05) is 5.32 Å². The smallest absolute Gasteiger partial charge is 0.340 e. The van der Waals surface area contributed by atoms with Gasteiger partial charge in [-0.25, -0.2) is 9.18 Å². The standard InChI is InChI=1S/C22H20FN3O5/c1-13-12-18(14(2)25(13)17-10-8-16(23)9-11-17)22(28)31-15(3)21(27)24-19-6-4-5-7-20(19)26(29)30/h4-12,15H,1-3H3,(H,24,27). The molecule has 1 amide bonds. The average Bonchev–Trinajstić information content (AvgIpc) is 3.03. The highest BCUT2D eigenvalue weighted by atomic mass is 19.1. The Morgan fingerprint density at radius 1 is 1.13 bits per heavy atom. The number of benzene rings is 2. The summed E-state index contributed by atoms with van der Waals surface area (Å²) in [5, 5.41) is 13.5. The second kappa shape index (κ2) is 8.78. The fraction of sp³-hybridized carbons (Fsp3) is 0.182. The number of nitrogens with one attached hydrogen (secondary N) is 1. The largest absolute Gasteiger partial charge is 0.449 e. The monoisotopic (exact) mass is 425 g/mol. The second-order valence-electron chi connectivity index (χ2n) is 6.91. The number of amides is 1. The summed E-state index contributed by atoms with van der Waals surface area (Å²) in [6.45, 7) is 4.88. The first-order chi connectivity index (χ1) is 14.7. The maximum atomic E-state index is 13.2. The first kappa shape index (κ1) is 21.7. The zero-order valence-corrected chi connectivity index (χ0v) is 17.1. The van der Waals surface area contributed by atoms with Crippen molar-refractivity contribution in [2.45, 2.75) is 26.9 Å². The molecule has 0 radical (unpaired) electrons. The minimum absolute atomic E-state index is 0.00915. The van der Waals surface area contributed by atoms with Gasteiger partial charge in [-0.1, -0.05) is 12.1 Å². The van der Waals surface area contributed by atoms with Crippen molar-refractivity contribution < 1.29 is 23.6 Å². The van der Waals surface area contributed by atoms with E-state index in [0.717, 1.165) is 5.69 Å². The molecule has 1 aromatic heterocycles. The number of halogens is 1. The summed E-state index contributed by atoms with van der Waals surface area (Å²) in [5.41, 5.74) is 1.98. The van der Waals surface area contributed by atoms with Crippen LogP contribution in [-0.4, -0.2) is 27.5 Å². The Bertz CT molecular complexity index is 1150. The van der Waals surface area contributed by atoms with Crippen LogP contribution in [0.1, 0.15) is 28.7 Å². The summed E-state index contributed by atoms with van der Waals surface area (Å²) in [4.78, 5) is 35.6.